The summed E-state index contributed by atoms with van der Waals surface area (Å²) >= 11 is 1.87. The zero-order valence-electron chi connectivity index (χ0n) is 18.8. The van der Waals surface area contributed by atoms with Crippen molar-refractivity contribution in [2.45, 2.75) is 65.1 Å². The Kier molecular flexibility index (Phi) is 16.1. The molecule has 7 nitrogen and oxygen atoms in total. The molecule has 0 saturated carbocycles. The Bertz CT molecular complexity index is 467. The van der Waals surface area contributed by atoms with Crippen molar-refractivity contribution < 1.29 is 14.3 Å². The van der Waals surface area contributed by atoms with Crippen LogP contribution in [0.1, 0.15) is 53.4 Å². The molecule has 9 heteroatoms. The zero-order valence-corrected chi connectivity index (χ0v) is 21.9. The van der Waals surface area contributed by atoms with Crippen molar-refractivity contribution in [3.05, 3.63) is 0 Å². The van der Waals surface area contributed by atoms with Crippen LogP contribution in [0.4, 0.5) is 4.79 Å². The summed E-state index contributed by atoms with van der Waals surface area (Å²) < 4.78 is 11.2. The molecule has 1 rings (SSSR count). The molecule has 0 bridgehead atoms. The molecule has 1 heterocycles. The quantitative estimate of drug-likeness (QED) is 0.189. The highest BCUT2D eigenvalue weighted by molar-refractivity contribution is 14.0. The Hall–Kier alpha value is -0.420. The van der Waals surface area contributed by atoms with Crippen molar-refractivity contribution in [1.29, 1.82) is 0 Å². The van der Waals surface area contributed by atoms with Crippen molar-refractivity contribution in [2.24, 2.45) is 4.99 Å². The molecule has 1 saturated heterocycles. The van der Waals surface area contributed by atoms with Crippen LogP contribution in [-0.2, 0) is 9.47 Å². The van der Waals surface area contributed by atoms with Gasteiger partial charge in [-0.05, 0) is 65.4 Å². The smallest absolute Gasteiger partial charge is 0.407 e. The van der Waals surface area contributed by atoms with Crippen molar-refractivity contribution >= 4 is 47.8 Å². The lowest BCUT2D eigenvalue weighted by atomic mass is 10.1. The van der Waals surface area contributed by atoms with Crippen LogP contribution in [0, 0.1) is 0 Å². The highest BCUT2D eigenvalue weighted by Gasteiger charge is 2.22. The summed E-state index contributed by atoms with van der Waals surface area (Å²) in [7, 11) is 0. The van der Waals surface area contributed by atoms with Gasteiger partial charge in [-0.2, -0.15) is 11.8 Å². The van der Waals surface area contributed by atoms with Gasteiger partial charge in [-0.1, -0.05) is 0 Å². The molecule has 1 aliphatic heterocycles. The van der Waals surface area contributed by atoms with Gasteiger partial charge in [0.15, 0.2) is 5.96 Å². The van der Waals surface area contributed by atoms with E-state index in [1.165, 1.54) is 0 Å². The van der Waals surface area contributed by atoms with Crippen LogP contribution < -0.4 is 10.6 Å². The summed E-state index contributed by atoms with van der Waals surface area (Å²) in [6.45, 7) is 12.6. The molecular formula is C20H41IN4O3S. The van der Waals surface area contributed by atoms with Gasteiger partial charge in [0.25, 0.3) is 0 Å². The summed E-state index contributed by atoms with van der Waals surface area (Å²) in [4.78, 5) is 18.7. The number of thioether (sulfide) groups is 1. The standard InChI is InChI=1S/C20H40N4O3S.HI/c1-6-21-18(22-12-8-16-28-5)24-13-9-17(10-14-24)26-15-7-11-23-19(25)27-20(2,3)4;/h17H,6-16H2,1-5H3,(H,21,22)(H,23,25);1H. The van der Waals surface area contributed by atoms with E-state index >= 15 is 0 Å². The van der Waals surface area contributed by atoms with E-state index in [-0.39, 0.29) is 36.2 Å². The number of rotatable bonds is 10. The number of carbonyl (C=O) groups excluding carboxylic acids is 1. The number of hydrogen-bond donors (Lipinski definition) is 2. The van der Waals surface area contributed by atoms with E-state index in [1.807, 2.05) is 32.5 Å². The molecule has 0 aromatic heterocycles. The topological polar surface area (TPSA) is 75.2 Å². The number of ether oxygens (including phenoxy) is 2. The van der Waals surface area contributed by atoms with Crippen molar-refractivity contribution in [1.82, 2.24) is 15.5 Å². The second kappa shape index (κ2) is 16.3. The molecule has 172 valence electrons. The van der Waals surface area contributed by atoms with Crippen LogP contribution in [0.2, 0.25) is 0 Å². The molecule has 0 aliphatic carbocycles. The third-order valence-corrected chi connectivity index (χ3v) is 4.88. The van der Waals surface area contributed by atoms with Crippen LogP contribution in [0.25, 0.3) is 0 Å². The first-order valence-corrected chi connectivity index (χ1v) is 11.9. The number of aliphatic imine (C=N–C) groups is 1. The lowest BCUT2D eigenvalue weighted by Gasteiger charge is -2.34. The number of nitrogens with one attached hydrogen (secondary N) is 2. The Balaban J connectivity index is 0.00000784. The first-order valence-electron chi connectivity index (χ1n) is 10.5. The maximum atomic E-state index is 11.6. The highest BCUT2D eigenvalue weighted by atomic mass is 127. The van der Waals surface area contributed by atoms with Gasteiger partial charge in [0, 0.05) is 39.3 Å². The number of guanidine groups is 1. The van der Waals surface area contributed by atoms with Crippen LogP contribution in [0.15, 0.2) is 4.99 Å². The van der Waals surface area contributed by atoms with E-state index in [4.69, 9.17) is 14.5 Å². The minimum atomic E-state index is -0.460. The Labute approximate surface area is 198 Å². The van der Waals surface area contributed by atoms with E-state index in [0.29, 0.717) is 13.2 Å². The summed E-state index contributed by atoms with van der Waals surface area (Å²) in [5, 5.41) is 6.17. The fourth-order valence-corrected chi connectivity index (χ4v) is 3.30. The lowest BCUT2D eigenvalue weighted by molar-refractivity contribution is 0.0170. The van der Waals surface area contributed by atoms with Gasteiger partial charge in [0.05, 0.1) is 6.10 Å². The maximum absolute atomic E-state index is 11.6. The Morgan fingerprint density at radius 2 is 1.90 bits per heavy atom. The summed E-state index contributed by atoms with van der Waals surface area (Å²) in [5.74, 6) is 2.19. The summed E-state index contributed by atoms with van der Waals surface area (Å²) in [6.07, 6.45) is 5.98. The number of amides is 1. The minimum Gasteiger partial charge on any atom is -0.444 e. The lowest BCUT2D eigenvalue weighted by Crippen LogP contribution is -2.47. The van der Waals surface area contributed by atoms with E-state index < -0.39 is 5.60 Å². The van der Waals surface area contributed by atoms with Crippen LogP contribution in [0.3, 0.4) is 0 Å². The largest absolute Gasteiger partial charge is 0.444 e. The van der Waals surface area contributed by atoms with Gasteiger partial charge in [0.1, 0.15) is 5.60 Å². The highest BCUT2D eigenvalue weighted by Crippen LogP contribution is 2.14. The number of halogens is 1. The molecule has 0 unspecified atom stereocenters. The predicted molar refractivity (Wildman–Crippen MR) is 134 cm³/mol. The normalized spacial score (nSPS) is 15.6. The number of alkyl carbamates (subject to hydrolysis) is 1. The fraction of sp³-hybridized carbons (Fsp3) is 0.900. The Morgan fingerprint density at radius 1 is 1.21 bits per heavy atom. The predicted octanol–water partition coefficient (Wildman–Crippen LogP) is 3.72. The first-order chi connectivity index (χ1) is 13.4. The minimum absolute atomic E-state index is 0. The van der Waals surface area contributed by atoms with Crippen molar-refractivity contribution in [2.75, 3.05) is 51.3 Å². The average molecular weight is 545 g/mol. The molecule has 0 spiro atoms. The first kappa shape index (κ1) is 28.6. The molecule has 1 fully saturated rings. The van der Waals surface area contributed by atoms with Crippen LogP contribution in [0.5, 0.6) is 0 Å². The molecule has 0 radical (unpaired) electrons. The molecular weight excluding hydrogens is 503 g/mol. The maximum Gasteiger partial charge on any atom is 0.407 e. The van der Waals surface area contributed by atoms with Crippen LogP contribution in [-0.4, -0.2) is 80.0 Å². The molecule has 29 heavy (non-hydrogen) atoms. The molecule has 0 aromatic rings. The van der Waals surface area contributed by atoms with Crippen molar-refractivity contribution in [3.8, 4) is 0 Å². The third-order valence-electron chi connectivity index (χ3n) is 4.19. The van der Waals surface area contributed by atoms with Gasteiger partial charge in [-0.3, -0.25) is 4.99 Å². The molecule has 1 amide bonds. The Morgan fingerprint density at radius 3 is 2.48 bits per heavy atom. The second-order valence-electron chi connectivity index (χ2n) is 7.92. The second-order valence-corrected chi connectivity index (χ2v) is 8.91. The molecule has 2 N–H and O–H groups in total. The van der Waals surface area contributed by atoms with E-state index in [1.54, 1.807) is 0 Å². The third kappa shape index (κ3) is 14.3. The fourth-order valence-electron chi connectivity index (χ4n) is 2.88. The number of nitrogens with zero attached hydrogens (tertiary/aromatic N) is 2. The average Bonchev–Trinajstić information content (AvgIpc) is 2.63. The van der Waals surface area contributed by atoms with Gasteiger partial charge < -0.3 is 25.0 Å². The van der Waals surface area contributed by atoms with Gasteiger partial charge in [-0.15, -0.1) is 24.0 Å². The van der Waals surface area contributed by atoms with Crippen LogP contribution >= 0.6 is 35.7 Å². The van der Waals surface area contributed by atoms with Gasteiger partial charge >= 0.3 is 6.09 Å². The monoisotopic (exact) mass is 544 g/mol. The van der Waals surface area contributed by atoms with Gasteiger partial charge in [0.2, 0.25) is 0 Å². The number of likely N-dealkylation sites (tertiary alicyclic amines) is 1. The summed E-state index contributed by atoms with van der Waals surface area (Å²) in [6, 6.07) is 0. The number of hydrogen-bond acceptors (Lipinski definition) is 5. The number of piperidine rings is 1. The van der Waals surface area contributed by atoms with Crippen molar-refractivity contribution in [3.63, 3.8) is 0 Å². The van der Waals surface area contributed by atoms with E-state index in [9.17, 15) is 4.79 Å². The molecule has 0 atom stereocenters. The molecule has 0 aromatic carbocycles. The number of carbonyl (C=O) groups is 1. The van der Waals surface area contributed by atoms with E-state index in [0.717, 1.165) is 63.6 Å². The van der Waals surface area contributed by atoms with Gasteiger partial charge in [-0.25, -0.2) is 4.79 Å². The zero-order chi connectivity index (χ0) is 20.8. The molecule has 1 aliphatic rings. The van der Waals surface area contributed by atoms with E-state index in [2.05, 4.69) is 28.7 Å². The SMILES string of the molecule is CCNC(=NCCCSC)N1CCC(OCCCNC(=O)OC(C)(C)C)CC1.I. The summed E-state index contributed by atoms with van der Waals surface area (Å²) in [5.41, 5.74) is -0.460.